The molecule has 0 bridgehead atoms. The van der Waals surface area contributed by atoms with Crippen molar-refractivity contribution < 1.29 is 14.6 Å². The largest absolute Gasteiger partial charge is 0.466 e. The van der Waals surface area contributed by atoms with Gasteiger partial charge in [0, 0.05) is 27.1 Å². The zero-order chi connectivity index (χ0) is 11.7. The maximum atomic E-state index is 11.2. The Kier molecular flexibility index (Phi) is 8.22. The van der Waals surface area contributed by atoms with E-state index in [1.165, 1.54) is 0 Å². The molecule has 0 aromatic heterocycles. The van der Waals surface area contributed by atoms with Gasteiger partial charge in [0.15, 0.2) is 0 Å². The van der Waals surface area contributed by atoms with E-state index in [2.05, 4.69) is 0 Å². The molecule has 0 aliphatic carbocycles. The van der Waals surface area contributed by atoms with Crippen molar-refractivity contribution in [2.75, 3.05) is 27.3 Å². The fraction of sp³-hybridized carbons (Fsp3) is 0.800. The summed E-state index contributed by atoms with van der Waals surface area (Å²) < 4.78 is 4.95. The van der Waals surface area contributed by atoms with E-state index >= 15 is 0 Å². The highest BCUT2D eigenvalue weighted by Crippen LogP contribution is 1.99. The Balaban J connectivity index is 3.45. The summed E-state index contributed by atoms with van der Waals surface area (Å²) in [4.78, 5) is 13.7. The second kappa shape index (κ2) is 8.61. The standard InChI is InChI=1S/C10H19NO3S/c1-11(2)9(15)5-6-10(13)14-8-4-3-7-12/h12H,3-8H2,1-2H3. The summed E-state index contributed by atoms with van der Waals surface area (Å²) in [7, 11) is 3.71. The van der Waals surface area contributed by atoms with Gasteiger partial charge in [0.1, 0.15) is 0 Å². The number of carbonyl (C=O) groups excluding carboxylic acids is 1. The van der Waals surface area contributed by atoms with Crippen LogP contribution < -0.4 is 0 Å². The monoisotopic (exact) mass is 233 g/mol. The summed E-state index contributed by atoms with van der Waals surface area (Å²) in [6, 6.07) is 0. The van der Waals surface area contributed by atoms with E-state index in [0.29, 0.717) is 32.3 Å². The van der Waals surface area contributed by atoms with E-state index in [-0.39, 0.29) is 12.6 Å². The Labute approximate surface area is 96.2 Å². The number of unbranched alkanes of at least 4 members (excludes halogenated alkanes) is 1. The highest BCUT2D eigenvalue weighted by molar-refractivity contribution is 7.80. The lowest BCUT2D eigenvalue weighted by Crippen LogP contribution is -2.20. The summed E-state index contributed by atoms with van der Waals surface area (Å²) >= 11 is 5.04. The number of rotatable bonds is 7. The molecule has 0 heterocycles. The molecule has 0 radical (unpaired) electrons. The highest BCUT2D eigenvalue weighted by atomic mass is 32.1. The van der Waals surface area contributed by atoms with Crippen molar-refractivity contribution in [3.63, 3.8) is 0 Å². The first-order valence-corrected chi connectivity index (χ1v) is 5.45. The SMILES string of the molecule is CN(C)C(=S)CCC(=O)OCCCCO. The topological polar surface area (TPSA) is 49.8 Å². The van der Waals surface area contributed by atoms with Crippen molar-refractivity contribution in [1.82, 2.24) is 4.90 Å². The predicted octanol–water partition coefficient (Wildman–Crippen LogP) is 0.971. The molecular formula is C10H19NO3S. The van der Waals surface area contributed by atoms with Gasteiger partial charge in [-0.2, -0.15) is 0 Å². The molecule has 0 saturated heterocycles. The second-order valence-electron chi connectivity index (χ2n) is 3.44. The van der Waals surface area contributed by atoms with Crippen LogP contribution in [0, 0.1) is 0 Å². The zero-order valence-electron chi connectivity index (χ0n) is 9.36. The van der Waals surface area contributed by atoms with Gasteiger partial charge in [-0.3, -0.25) is 4.79 Å². The number of aliphatic hydroxyl groups is 1. The molecule has 0 fully saturated rings. The second-order valence-corrected chi connectivity index (χ2v) is 3.91. The number of nitrogens with zero attached hydrogens (tertiary/aromatic N) is 1. The van der Waals surface area contributed by atoms with Crippen LogP contribution in [-0.2, 0) is 9.53 Å². The fourth-order valence-electron chi connectivity index (χ4n) is 0.905. The van der Waals surface area contributed by atoms with Crippen LogP contribution in [0.25, 0.3) is 0 Å². The van der Waals surface area contributed by atoms with E-state index in [1.54, 1.807) is 0 Å². The average molecular weight is 233 g/mol. The molecule has 0 aliphatic heterocycles. The third-order valence-corrected chi connectivity index (χ3v) is 2.43. The predicted molar refractivity (Wildman–Crippen MR) is 62.8 cm³/mol. The van der Waals surface area contributed by atoms with Gasteiger partial charge in [-0.25, -0.2) is 0 Å². The van der Waals surface area contributed by atoms with E-state index in [0.717, 1.165) is 4.99 Å². The van der Waals surface area contributed by atoms with E-state index in [9.17, 15) is 4.79 Å². The molecule has 0 aliphatic rings. The van der Waals surface area contributed by atoms with Gasteiger partial charge in [-0.1, -0.05) is 12.2 Å². The quantitative estimate of drug-likeness (QED) is 0.403. The van der Waals surface area contributed by atoms with Gasteiger partial charge in [0.05, 0.1) is 18.0 Å². The first-order chi connectivity index (χ1) is 7.07. The number of esters is 1. The average Bonchev–Trinajstić information content (AvgIpc) is 2.20. The Morgan fingerprint density at radius 1 is 1.33 bits per heavy atom. The molecule has 5 heteroatoms. The molecular weight excluding hydrogens is 214 g/mol. The van der Waals surface area contributed by atoms with Gasteiger partial charge in [0.2, 0.25) is 0 Å². The van der Waals surface area contributed by atoms with E-state index < -0.39 is 0 Å². The Bertz CT molecular complexity index is 207. The van der Waals surface area contributed by atoms with Crippen LogP contribution in [0.15, 0.2) is 0 Å². The lowest BCUT2D eigenvalue weighted by molar-refractivity contribution is -0.143. The number of carbonyl (C=O) groups is 1. The zero-order valence-corrected chi connectivity index (χ0v) is 10.2. The minimum atomic E-state index is -0.225. The smallest absolute Gasteiger partial charge is 0.306 e. The lowest BCUT2D eigenvalue weighted by atomic mass is 10.3. The van der Waals surface area contributed by atoms with Gasteiger partial charge in [0.25, 0.3) is 0 Å². The molecule has 0 aromatic rings. The van der Waals surface area contributed by atoms with Crippen molar-refractivity contribution in [2.45, 2.75) is 25.7 Å². The van der Waals surface area contributed by atoms with E-state index in [1.807, 2.05) is 19.0 Å². The Morgan fingerprint density at radius 3 is 2.53 bits per heavy atom. The normalized spacial score (nSPS) is 9.80. The van der Waals surface area contributed by atoms with Crippen molar-refractivity contribution in [1.29, 1.82) is 0 Å². The molecule has 0 aromatic carbocycles. The first kappa shape index (κ1) is 14.3. The fourth-order valence-corrected chi connectivity index (χ4v) is 1.01. The number of thiocarbonyl (C=S) groups is 1. The minimum absolute atomic E-state index is 0.141. The molecule has 0 atom stereocenters. The molecule has 0 rings (SSSR count). The lowest BCUT2D eigenvalue weighted by Gasteiger charge is -2.12. The highest BCUT2D eigenvalue weighted by Gasteiger charge is 2.06. The van der Waals surface area contributed by atoms with Gasteiger partial charge >= 0.3 is 5.97 Å². The Morgan fingerprint density at radius 2 is 2.00 bits per heavy atom. The molecule has 15 heavy (non-hydrogen) atoms. The van der Waals surface area contributed by atoms with Crippen molar-refractivity contribution in [3.05, 3.63) is 0 Å². The van der Waals surface area contributed by atoms with Gasteiger partial charge < -0.3 is 14.7 Å². The summed E-state index contributed by atoms with van der Waals surface area (Å²) in [6.07, 6.45) is 2.26. The third-order valence-electron chi connectivity index (χ3n) is 1.86. The number of ether oxygens (including phenoxy) is 1. The molecule has 4 nitrogen and oxygen atoms in total. The molecule has 0 spiro atoms. The maximum absolute atomic E-state index is 11.2. The van der Waals surface area contributed by atoms with Crippen LogP contribution in [0.4, 0.5) is 0 Å². The molecule has 0 unspecified atom stereocenters. The van der Waals surface area contributed by atoms with Crippen LogP contribution >= 0.6 is 12.2 Å². The first-order valence-electron chi connectivity index (χ1n) is 5.04. The van der Waals surface area contributed by atoms with Crippen molar-refractivity contribution in [2.24, 2.45) is 0 Å². The molecule has 88 valence electrons. The van der Waals surface area contributed by atoms with Crippen LogP contribution in [0.2, 0.25) is 0 Å². The van der Waals surface area contributed by atoms with Crippen LogP contribution in [0.3, 0.4) is 0 Å². The van der Waals surface area contributed by atoms with Crippen LogP contribution in [0.1, 0.15) is 25.7 Å². The van der Waals surface area contributed by atoms with Crippen molar-refractivity contribution in [3.8, 4) is 0 Å². The number of hydrogen-bond donors (Lipinski definition) is 1. The van der Waals surface area contributed by atoms with Gasteiger partial charge in [-0.05, 0) is 12.8 Å². The van der Waals surface area contributed by atoms with Gasteiger partial charge in [-0.15, -0.1) is 0 Å². The number of hydrogen-bond acceptors (Lipinski definition) is 4. The minimum Gasteiger partial charge on any atom is -0.466 e. The third kappa shape index (κ3) is 8.32. The molecule has 1 N–H and O–H groups in total. The summed E-state index contributed by atoms with van der Waals surface area (Å²) in [6.45, 7) is 0.524. The van der Waals surface area contributed by atoms with Crippen molar-refractivity contribution >= 4 is 23.2 Å². The summed E-state index contributed by atoms with van der Waals surface area (Å²) in [5, 5.41) is 8.51. The summed E-state index contributed by atoms with van der Waals surface area (Å²) in [5.74, 6) is -0.225. The Hall–Kier alpha value is -0.680. The maximum Gasteiger partial charge on any atom is 0.306 e. The van der Waals surface area contributed by atoms with E-state index in [4.69, 9.17) is 22.1 Å². The number of aliphatic hydroxyl groups excluding tert-OH is 1. The van der Waals surface area contributed by atoms with Crippen LogP contribution in [-0.4, -0.2) is 48.3 Å². The van der Waals surface area contributed by atoms with Crippen LogP contribution in [0.5, 0.6) is 0 Å². The summed E-state index contributed by atoms with van der Waals surface area (Å²) in [5.41, 5.74) is 0. The molecule has 0 amide bonds. The molecule has 0 saturated carbocycles.